The third-order valence-corrected chi connectivity index (χ3v) is 3.31. The van der Waals surface area contributed by atoms with Crippen molar-refractivity contribution in [1.82, 2.24) is 0 Å². The Hall–Kier alpha value is -2.43. The van der Waals surface area contributed by atoms with Crippen LogP contribution >= 0.6 is 0 Å². The Bertz CT molecular complexity index is 660. The first-order chi connectivity index (χ1) is 9.86. The van der Waals surface area contributed by atoms with Crippen molar-refractivity contribution in [2.75, 3.05) is 18.1 Å². The summed E-state index contributed by atoms with van der Waals surface area (Å²) in [6.07, 6.45) is 0. The SMILES string of the molecule is C=C(CN1C(=O)C(=O)c2cc(C)cc(C)c21)C(=O)OCC. The summed E-state index contributed by atoms with van der Waals surface area (Å²) >= 11 is 0. The Kier molecular flexibility index (Phi) is 3.93. The van der Waals surface area contributed by atoms with E-state index in [4.69, 9.17) is 4.74 Å². The summed E-state index contributed by atoms with van der Waals surface area (Å²) < 4.78 is 4.85. The number of rotatable bonds is 4. The summed E-state index contributed by atoms with van der Waals surface area (Å²) in [6, 6.07) is 3.58. The van der Waals surface area contributed by atoms with Gasteiger partial charge in [0.1, 0.15) is 0 Å². The van der Waals surface area contributed by atoms with Gasteiger partial charge >= 0.3 is 5.97 Å². The molecule has 0 saturated heterocycles. The van der Waals surface area contributed by atoms with Crippen molar-refractivity contribution < 1.29 is 19.1 Å². The monoisotopic (exact) mass is 287 g/mol. The highest BCUT2D eigenvalue weighted by Gasteiger charge is 2.37. The van der Waals surface area contributed by atoms with E-state index in [-0.39, 0.29) is 18.7 Å². The molecule has 0 spiro atoms. The summed E-state index contributed by atoms with van der Waals surface area (Å²) in [5, 5.41) is 0. The lowest BCUT2D eigenvalue weighted by molar-refractivity contribution is -0.138. The molecule has 1 aromatic carbocycles. The second kappa shape index (κ2) is 5.52. The van der Waals surface area contributed by atoms with Crippen molar-refractivity contribution in [3.8, 4) is 0 Å². The number of ether oxygens (including phenoxy) is 1. The second-order valence-corrected chi connectivity index (χ2v) is 5.02. The number of hydrogen-bond acceptors (Lipinski definition) is 4. The fourth-order valence-electron chi connectivity index (χ4n) is 2.47. The lowest BCUT2D eigenvalue weighted by Crippen LogP contribution is -2.33. The second-order valence-electron chi connectivity index (χ2n) is 5.02. The van der Waals surface area contributed by atoms with Crippen LogP contribution in [0.15, 0.2) is 24.3 Å². The van der Waals surface area contributed by atoms with Crippen LogP contribution in [0.4, 0.5) is 5.69 Å². The minimum absolute atomic E-state index is 0.0414. The molecule has 1 amide bonds. The van der Waals surface area contributed by atoms with E-state index >= 15 is 0 Å². The number of ketones is 1. The molecule has 2 rings (SSSR count). The average Bonchev–Trinajstić information content (AvgIpc) is 2.64. The van der Waals surface area contributed by atoms with Crippen LogP contribution in [0, 0.1) is 13.8 Å². The van der Waals surface area contributed by atoms with E-state index in [0.29, 0.717) is 11.3 Å². The zero-order chi connectivity index (χ0) is 15.7. The molecule has 5 nitrogen and oxygen atoms in total. The van der Waals surface area contributed by atoms with E-state index in [1.165, 1.54) is 4.90 Å². The molecule has 21 heavy (non-hydrogen) atoms. The van der Waals surface area contributed by atoms with Crippen molar-refractivity contribution in [2.24, 2.45) is 0 Å². The van der Waals surface area contributed by atoms with Crippen molar-refractivity contribution in [3.63, 3.8) is 0 Å². The molecule has 0 saturated carbocycles. The van der Waals surface area contributed by atoms with Gasteiger partial charge in [0, 0.05) is 5.57 Å². The van der Waals surface area contributed by atoms with Crippen LogP contribution in [0.25, 0.3) is 0 Å². The Morgan fingerprint density at radius 3 is 2.57 bits per heavy atom. The summed E-state index contributed by atoms with van der Waals surface area (Å²) in [6.45, 7) is 9.22. The topological polar surface area (TPSA) is 63.7 Å². The molecule has 0 unspecified atom stereocenters. The molecule has 5 heteroatoms. The third-order valence-electron chi connectivity index (χ3n) is 3.31. The smallest absolute Gasteiger partial charge is 0.335 e. The molecule has 0 fully saturated rings. The van der Waals surface area contributed by atoms with Crippen molar-refractivity contribution in [3.05, 3.63) is 41.0 Å². The summed E-state index contributed by atoms with van der Waals surface area (Å²) in [5.41, 5.74) is 2.82. The van der Waals surface area contributed by atoms with Crippen molar-refractivity contribution in [1.29, 1.82) is 0 Å². The quantitative estimate of drug-likeness (QED) is 0.482. The predicted octanol–water partition coefficient (Wildman–Crippen LogP) is 1.95. The van der Waals surface area contributed by atoms with Gasteiger partial charge < -0.3 is 4.74 Å². The summed E-state index contributed by atoms with van der Waals surface area (Å²) in [5.74, 6) is -1.74. The number of carbonyl (C=O) groups excluding carboxylic acids is 3. The number of fused-ring (bicyclic) bond motifs is 1. The maximum Gasteiger partial charge on any atom is 0.335 e. The molecule has 0 aromatic heterocycles. The zero-order valence-electron chi connectivity index (χ0n) is 12.4. The lowest BCUT2D eigenvalue weighted by Gasteiger charge is -2.19. The van der Waals surface area contributed by atoms with Gasteiger partial charge in [-0.05, 0) is 38.0 Å². The number of Topliss-reactive ketones (excluding diaryl/α,β-unsaturated/α-hetero) is 1. The Balaban J connectivity index is 2.36. The normalized spacial score (nSPS) is 13.4. The first kappa shape index (κ1) is 15.0. The van der Waals surface area contributed by atoms with Crippen LogP contribution in [-0.4, -0.2) is 30.8 Å². The Morgan fingerprint density at radius 2 is 1.95 bits per heavy atom. The van der Waals surface area contributed by atoms with Crippen LogP contribution in [-0.2, 0) is 14.3 Å². The van der Waals surface area contributed by atoms with Crippen LogP contribution in [0.5, 0.6) is 0 Å². The van der Waals surface area contributed by atoms with E-state index in [9.17, 15) is 14.4 Å². The highest BCUT2D eigenvalue weighted by Crippen LogP contribution is 2.33. The summed E-state index contributed by atoms with van der Waals surface area (Å²) in [7, 11) is 0. The molecule has 110 valence electrons. The van der Waals surface area contributed by atoms with Crippen molar-refractivity contribution in [2.45, 2.75) is 20.8 Å². The predicted molar refractivity (Wildman–Crippen MR) is 78.4 cm³/mol. The van der Waals surface area contributed by atoms with Crippen LogP contribution in [0.1, 0.15) is 28.4 Å². The minimum atomic E-state index is -0.635. The molecule has 0 bridgehead atoms. The van der Waals surface area contributed by atoms with Gasteiger partial charge in [0.25, 0.3) is 11.7 Å². The van der Waals surface area contributed by atoms with Gasteiger partial charge in [0.15, 0.2) is 0 Å². The van der Waals surface area contributed by atoms with Gasteiger partial charge in [-0.2, -0.15) is 0 Å². The van der Waals surface area contributed by atoms with E-state index in [1.807, 2.05) is 19.9 Å². The molecule has 0 atom stereocenters. The zero-order valence-corrected chi connectivity index (χ0v) is 12.4. The molecular formula is C16H17NO4. The van der Waals surface area contributed by atoms with Gasteiger partial charge in [-0.25, -0.2) is 4.79 Å². The van der Waals surface area contributed by atoms with E-state index in [1.54, 1.807) is 13.0 Å². The highest BCUT2D eigenvalue weighted by atomic mass is 16.5. The fraction of sp³-hybridized carbons (Fsp3) is 0.312. The number of benzene rings is 1. The molecule has 0 N–H and O–H groups in total. The van der Waals surface area contributed by atoms with E-state index in [2.05, 4.69) is 6.58 Å². The number of esters is 1. The largest absolute Gasteiger partial charge is 0.463 e. The summed E-state index contributed by atoms with van der Waals surface area (Å²) in [4.78, 5) is 37.1. The standard InChI is InChI=1S/C16H17NO4/c1-5-21-16(20)11(4)8-17-13-10(3)6-9(2)7-12(13)14(18)15(17)19/h6-7H,4-5,8H2,1-3H3. The number of nitrogens with zero attached hydrogens (tertiary/aromatic N) is 1. The first-order valence-corrected chi connectivity index (χ1v) is 6.69. The van der Waals surface area contributed by atoms with E-state index < -0.39 is 17.7 Å². The number of aryl methyl sites for hydroxylation is 2. The van der Waals surface area contributed by atoms with Gasteiger partial charge in [-0.1, -0.05) is 12.6 Å². The van der Waals surface area contributed by atoms with Gasteiger partial charge in [-0.15, -0.1) is 0 Å². The lowest BCUT2D eigenvalue weighted by atomic mass is 10.0. The molecule has 1 aliphatic rings. The molecule has 1 aromatic rings. The number of amides is 1. The minimum Gasteiger partial charge on any atom is -0.463 e. The van der Waals surface area contributed by atoms with Gasteiger partial charge in [0.2, 0.25) is 0 Å². The van der Waals surface area contributed by atoms with E-state index in [0.717, 1.165) is 11.1 Å². The average molecular weight is 287 g/mol. The number of carbonyl (C=O) groups is 3. The number of anilines is 1. The van der Waals surface area contributed by atoms with Crippen molar-refractivity contribution >= 4 is 23.3 Å². The van der Waals surface area contributed by atoms with Crippen LogP contribution in [0.2, 0.25) is 0 Å². The third kappa shape index (κ3) is 2.59. The molecule has 0 aliphatic carbocycles. The Morgan fingerprint density at radius 1 is 1.29 bits per heavy atom. The van der Waals surface area contributed by atoms with Gasteiger partial charge in [-0.3, -0.25) is 14.5 Å². The first-order valence-electron chi connectivity index (χ1n) is 6.69. The maximum absolute atomic E-state index is 12.1. The molecule has 1 heterocycles. The highest BCUT2D eigenvalue weighted by molar-refractivity contribution is 6.52. The maximum atomic E-state index is 12.1. The molecular weight excluding hydrogens is 270 g/mol. The van der Waals surface area contributed by atoms with Crippen LogP contribution in [0.3, 0.4) is 0 Å². The number of hydrogen-bond donors (Lipinski definition) is 0. The van der Waals surface area contributed by atoms with Crippen LogP contribution < -0.4 is 4.90 Å². The molecule has 0 radical (unpaired) electrons. The fourth-order valence-corrected chi connectivity index (χ4v) is 2.47. The molecule has 1 aliphatic heterocycles. The van der Waals surface area contributed by atoms with Gasteiger partial charge in [0.05, 0.1) is 24.4 Å². The Labute approximate surface area is 123 Å².